The molecule has 22 heavy (non-hydrogen) atoms. The first-order valence-electron chi connectivity index (χ1n) is 9.15. The van der Waals surface area contributed by atoms with Gasteiger partial charge in [-0.25, -0.2) is 0 Å². The molecule has 1 aromatic carbocycles. The average Bonchev–Trinajstić information content (AvgIpc) is 2.55. The van der Waals surface area contributed by atoms with Crippen molar-refractivity contribution in [1.29, 1.82) is 0 Å². The third-order valence-corrected chi connectivity index (χ3v) is 5.00. The molecular formula is C21H32O. The van der Waals surface area contributed by atoms with Crippen LogP contribution in [0.3, 0.4) is 0 Å². The zero-order valence-corrected chi connectivity index (χ0v) is 14.4. The summed E-state index contributed by atoms with van der Waals surface area (Å²) in [6.45, 7) is 8.91. The van der Waals surface area contributed by atoms with Gasteiger partial charge in [0.15, 0.2) is 0 Å². The van der Waals surface area contributed by atoms with E-state index in [2.05, 4.69) is 44.7 Å². The zero-order valence-electron chi connectivity index (χ0n) is 14.4. The third kappa shape index (κ3) is 4.63. The molecular weight excluding hydrogens is 268 g/mol. The van der Waals surface area contributed by atoms with Crippen LogP contribution in [0.25, 0.3) is 0 Å². The third-order valence-electron chi connectivity index (χ3n) is 5.00. The minimum atomic E-state index is 0.754. The molecule has 1 aliphatic rings. The van der Waals surface area contributed by atoms with E-state index >= 15 is 0 Å². The van der Waals surface area contributed by atoms with Gasteiger partial charge in [-0.05, 0) is 80.9 Å². The summed E-state index contributed by atoms with van der Waals surface area (Å²) < 4.78 is 5.78. The normalized spacial score (nSPS) is 21.5. The highest BCUT2D eigenvalue weighted by atomic mass is 16.5. The van der Waals surface area contributed by atoms with Crippen LogP contribution < -0.4 is 4.74 Å². The number of aryl methyl sites for hydroxylation is 1. The lowest BCUT2D eigenvalue weighted by Gasteiger charge is -2.29. The lowest BCUT2D eigenvalue weighted by Crippen LogP contribution is -2.13. The molecule has 2 rings (SSSR count). The quantitative estimate of drug-likeness (QED) is 0.513. The summed E-state index contributed by atoms with van der Waals surface area (Å²) in [5.74, 6) is 2.77. The first-order chi connectivity index (χ1) is 10.8. The van der Waals surface area contributed by atoms with Crippen LogP contribution in [0.2, 0.25) is 0 Å². The molecule has 0 unspecified atom stereocenters. The van der Waals surface area contributed by atoms with Crippen molar-refractivity contribution in [3.8, 4) is 5.75 Å². The number of hydrogen-bond acceptors (Lipinski definition) is 1. The van der Waals surface area contributed by atoms with Crippen molar-refractivity contribution < 1.29 is 4.74 Å². The Morgan fingerprint density at radius 2 is 1.95 bits per heavy atom. The van der Waals surface area contributed by atoms with Gasteiger partial charge in [0.1, 0.15) is 5.75 Å². The van der Waals surface area contributed by atoms with Crippen molar-refractivity contribution in [3.63, 3.8) is 0 Å². The summed E-state index contributed by atoms with van der Waals surface area (Å²) in [7, 11) is 0. The van der Waals surface area contributed by atoms with E-state index in [-0.39, 0.29) is 0 Å². The van der Waals surface area contributed by atoms with Gasteiger partial charge in [0.2, 0.25) is 0 Å². The number of hydrogen-bond donors (Lipinski definition) is 0. The summed E-state index contributed by atoms with van der Waals surface area (Å²) >= 11 is 0. The first-order valence-corrected chi connectivity index (χ1v) is 9.15. The maximum absolute atomic E-state index is 5.78. The molecule has 1 saturated carbocycles. The largest absolute Gasteiger partial charge is 0.494 e. The van der Waals surface area contributed by atoms with Gasteiger partial charge < -0.3 is 4.74 Å². The Bertz CT molecular complexity index is 455. The fraction of sp³-hybridized carbons (Fsp3) is 0.619. The maximum Gasteiger partial charge on any atom is 0.122 e. The van der Waals surface area contributed by atoms with Gasteiger partial charge in [-0.3, -0.25) is 0 Å². The monoisotopic (exact) mass is 300 g/mol. The fourth-order valence-corrected chi connectivity index (χ4v) is 3.75. The molecule has 0 radical (unpaired) electrons. The minimum Gasteiger partial charge on any atom is -0.494 e. The van der Waals surface area contributed by atoms with Crippen molar-refractivity contribution >= 4 is 0 Å². The Labute approximate surface area is 136 Å². The van der Waals surface area contributed by atoms with E-state index in [1.807, 2.05) is 0 Å². The number of rotatable bonds is 8. The summed E-state index contributed by atoms with van der Waals surface area (Å²) in [5.41, 5.74) is 2.93. The minimum absolute atomic E-state index is 0.754. The Hall–Kier alpha value is -1.24. The molecule has 0 heterocycles. The highest BCUT2D eigenvalue weighted by molar-refractivity contribution is 5.39. The molecule has 1 nitrogen and oxygen atoms in total. The lowest BCUT2D eigenvalue weighted by molar-refractivity contribution is 0.311. The molecule has 0 aliphatic heterocycles. The molecule has 0 amide bonds. The Morgan fingerprint density at radius 1 is 1.18 bits per heavy atom. The second kappa shape index (κ2) is 9.02. The topological polar surface area (TPSA) is 9.23 Å². The van der Waals surface area contributed by atoms with Crippen LogP contribution in [0.15, 0.2) is 30.9 Å². The average molecular weight is 300 g/mol. The van der Waals surface area contributed by atoms with E-state index in [4.69, 9.17) is 4.74 Å². The highest BCUT2D eigenvalue weighted by Gasteiger charge is 2.22. The summed E-state index contributed by atoms with van der Waals surface area (Å²) in [6.07, 6.45) is 12.3. The molecule has 1 aliphatic carbocycles. The van der Waals surface area contributed by atoms with Gasteiger partial charge in [0.25, 0.3) is 0 Å². The number of allylic oxidation sites excluding steroid dienone is 1. The predicted octanol–water partition coefficient (Wildman–Crippen LogP) is 6.28. The van der Waals surface area contributed by atoms with E-state index < -0.39 is 0 Å². The summed E-state index contributed by atoms with van der Waals surface area (Å²) in [5, 5.41) is 0. The van der Waals surface area contributed by atoms with E-state index in [1.54, 1.807) is 0 Å². The molecule has 0 N–H and O–H groups in total. The lowest BCUT2D eigenvalue weighted by atomic mass is 9.77. The van der Waals surface area contributed by atoms with Gasteiger partial charge >= 0.3 is 0 Å². The van der Waals surface area contributed by atoms with Crippen molar-refractivity contribution in [3.05, 3.63) is 42.0 Å². The molecule has 0 saturated heterocycles. The Balaban J connectivity index is 2.00. The van der Waals surface area contributed by atoms with E-state index in [0.717, 1.165) is 30.6 Å². The molecule has 1 heteroatoms. The predicted molar refractivity (Wildman–Crippen MR) is 95.7 cm³/mol. The molecule has 0 bridgehead atoms. The van der Waals surface area contributed by atoms with Crippen molar-refractivity contribution in [1.82, 2.24) is 0 Å². The molecule has 0 aromatic heterocycles. The second-order valence-corrected chi connectivity index (χ2v) is 6.63. The molecule has 0 spiro atoms. The summed E-state index contributed by atoms with van der Waals surface area (Å²) in [4.78, 5) is 0. The maximum atomic E-state index is 5.78. The van der Waals surface area contributed by atoms with E-state index in [1.165, 1.54) is 56.1 Å². The van der Waals surface area contributed by atoms with Gasteiger partial charge in [-0.15, -0.1) is 6.58 Å². The molecule has 1 aromatic rings. The Morgan fingerprint density at radius 3 is 2.59 bits per heavy atom. The first kappa shape index (κ1) is 17.1. The standard InChI is InChI=1S/C21H32O/c1-4-7-9-17-10-12-18(13-11-17)19-14-15-21(22-6-3)20(16-19)8-5-2/h4,14-18H,1,5-13H2,2-3H3/t17-,18-. The van der Waals surface area contributed by atoms with Crippen LogP contribution in [0.4, 0.5) is 0 Å². The SMILES string of the molecule is C=CCC[C@H]1CC[C@H](c2ccc(OCC)c(CCC)c2)CC1. The van der Waals surface area contributed by atoms with Crippen LogP contribution >= 0.6 is 0 Å². The Kier molecular flexibility index (Phi) is 7.02. The van der Waals surface area contributed by atoms with Crippen molar-refractivity contribution in [2.24, 2.45) is 5.92 Å². The smallest absolute Gasteiger partial charge is 0.122 e. The van der Waals surface area contributed by atoms with Crippen molar-refractivity contribution in [2.75, 3.05) is 6.61 Å². The number of ether oxygens (including phenoxy) is 1. The van der Waals surface area contributed by atoms with E-state index in [0.29, 0.717) is 0 Å². The molecule has 1 fully saturated rings. The van der Waals surface area contributed by atoms with Gasteiger partial charge in [0, 0.05) is 0 Å². The van der Waals surface area contributed by atoms with Gasteiger partial charge in [0.05, 0.1) is 6.61 Å². The van der Waals surface area contributed by atoms with Crippen LogP contribution in [-0.4, -0.2) is 6.61 Å². The van der Waals surface area contributed by atoms with Crippen LogP contribution in [-0.2, 0) is 6.42 Å². The molecule has 122 valence electrons. The highest BCUT2D eigenvalue weighted by Crippen LogP contribution is 2.38. The van der Waals surface area contributed by atoms with Gasteiger partial charge in [-0.2, -0.15) is 0 Å². The fourth-order valence-electron chi connectivity index (χ4n) is 3.75. The van der Waals surface area contributed by atoms with Crippen LogP contribution in [0, 0.1) is 5.92 Å². The number of benzene rings is 1. The second-order valence-electron chi connectivity index (χ2n) is 6.63. The molecule has 0 atom stereocenters. The van der Waals surface area contributed by atoms with E-state index in [9.17, 15) is 0 Å². The van der Waals surface area contributed by atoms with Crippen LogP contribution in [0.1, 0.15) is 75.8 Å². The zero-order chi connectivity index (χ0) is 15.8. The van der Waals surface area contributed by atoms with Crippen LogP contribution in [0.5, 0.6) is 5.75 Å². The summed E-state index contributed by atoms with van der Waals surface area (Å²) in [6, 6.07) is 6.93. The van der Waals surface area contributed by atoms with Crippen molar-refractivity contribution in [2.45, 2.75) is 71.1 Å². The van der Waals surface area contributed by atoms with Gasteiger partial charge in [-0.1, -0.05) is 31.6 Å².